The van der Waals surface area contributed by atoms with E-state index in [9.17, 15) is 0 Å². The maximum atomic E-state index is 5.75. The van der Waals surface area contributed by atoms with Crippen LogP contribution >= 0.6 is 0 Å². The lowest BCUT2D eigenvalue weighted by atomic mass is 9.93. The minimum absolute atomic E-state index is 0.293. The summed E-state index contributed by atoms with van der Waals surface area (Å²) < 4.78 is 0. The van der Waals surface area contributed by atoms with E-state index in [-0.39, 0.29) is 0 Å². The van der Waals surface area contributed by atoms with Gasteiger partial charge in [-0.1, -0.05) is 51.2 Å². The second-order valence-electron chi connectivity index (χ2n) is 5.72. The summed E-state index contributed by atoms with van der Waals surface area (Å²) in [5.41, 5.74) is 8.42. The standard InChI is InChI=1S/C17H30N2/c1-5-6-7-8-9-10-17(19-18)16-12-14(3)13(2)11-15(16)4/h11-12,17,19H,5-10,18H2,1-4H3. The van der Waals surface area contributed by atoms with Crippen LogP contribution in [0, 0.1) is 20.8 Å². The summed E-state index contributed by atoms with van der Waals surface area (Å²) in [4.78, 5) is 0. The van der Waals surface area contributed by atoms with Crippen LogP contribution in [0.1, 0.15) is 73.7 Å². The van der Waals surface area contributed by atoms with Gasteiger partial charge in [-0.2, -0.15) is 0 Å². The Balaban J connectivity index is 2.61. The quantitative estimate of drug-likeness (QED) is 0.412. The van der Waals surface area contributed by atoms with Gasteiger partial charge in [-0.15, -0.1) is 0 Å². The molecule has 1 unspecified atom stereocenters. The number of hydrazine groups is 1. The van der Waals surface area contributed by atoms with Crippen molar-refractivity contribution < 1.29 is 0 Å². The number of hydrogen-bond acceptors (Lipinski definition) is 2. The molecule has 0 aliphatic rings. The Morgan fingerprint density at radius 1 is 0.947 bits per heavy atom. The predicted molar refractivity (Wildman–Crippen MR) is 84.1 cm³/mol. The van der Waals surface area contributed by atoms with E-state index in [1.807, 2.05) is 0 Å². The summed E-state index contributed by atoms with van der Waals surface area (Å²) in [5.74, 6) is 5.75. The lowest BCUT2D eigenvalue weighted by Gasteiger charge is -2.20. The molecule has 1 atom stereocenters. The van der Waals surface area contributed by atoms with Gasteiger partial charge in [0.15, 0.2) is 0 Å². The van der Waals surface area contributed by atoms with E-state index in [1.165, 1.54) is 54.4 Å². The van der Waals surface area contributed by atoms with Gasteiger partial charge in [-0.3, -0.25) is 11.3 Å². The third-order valence-electron chi connectivity index (χ3n) is 4.06. The lowest BCUT2D eigenvalue weighted by Crippen LogP contribution is -2.28. The van der Waals surface area contributed by atoms with Crippen LogP contribution in [0.15, 0.2) is 12.1 Å². The smallest absolute Gasteiger partial charge is 0.0462 e. The van der Waals surface area contributed by atoms with E-state index >= 15 is 0 Å². The number of rotatable bonds is 8. The topological polar surface area (TPSA) is 38.0 Å². The van der Waals surface area contributed by atoms with Gasteiger partial charge in [0.2, 0.25) is 0 Å². The Kier molecular flexibility index (Phi) is 7.11. The largest absolute Gasteiger partial charge is 0.271 e. The van der Waals surface area contributed by atoms with Crippen molar-refractivity contribution in [1.82, 2.24) is 5.43 Å². The van der Waals surface area contributed by atoms with Crippen molar-refractivity contribution in [3.63, 3.8) is 0 Å². The lowest BCUT2D eigenvalue weighted by molar-refractivity contribution is 0.477. The van der Waals surface area contributed by atoms with Gasteiger partial charge < -0.3 is 0 Å². The Hall–Kier alpha value is -0.860. The highest BCUT2D eigenvalue weighted by atomic mass is 15.2. The Morgan fingerprint density at radius 3 is 2.21 bits per heavy atom. The molecule has 0 aliphatic heterocycles. The third kappa shape index (κ3) is 4.96. The average Bonchev–Trinajstić information content (AvgIpc) is 2.39. The fraction of sp³-hybridized carbons (Fsp3) is 0.647. The monoisotopic (exact) mass is 262 g/mol. The van der Waals surface area contributed by atoms with Crippen LogP contribution in [-0.4, -0.2) is 0 Å². The summed E-state index contributed by atoms with van der Waals surface area (Å²) in [6, 6.07) is 4.86. The number of benzene rings is 1. The molecule has 0 spiro atoms. The molecule has 0 radical (unpaired) electrons. The van der Waals surface area contributed by atoms with Crippen LogP contribution in [-0.2, 0) is 0 Å². The maximum absolute atomic E-state index is 5.75. The molecular weight excluding hydrogens is 232 g/mol. The van der Waals surface area contributed by atoms with E-state index in [2.05, 4.69) is 45.3 Å². The fourth-order valence-electron chi connectivity index (χ4n) is 2.64. The van der Waals surface area contributed by atoms with E-state index in [0.717, 1.165) is 6.42 Å². The molecule has 1 aromatic carbocycles. The highest BCUT2D eigenvalue weighted by Crippen LogP contribution is 2.25. The van der Waals surface area contributed by atoms with Gasteiger partial charge in [0.1, 0.15) is 0 Å². The molecule has 0 aliphatic carbocycles. The zero-order valence-electron chi connectivity index (χ0n) is 13.1. The molecule has 0 aromatic heterocycles. The highest BCUT2D eigenvalue weighted by molar-refractivity contribution is 5.38. The number of nitrogens with two attached hydrogens (primary N) is 1. The minimum Gasteiger partial charge on any atom is -0.271 e. The van der Waals surface area contributed by atoms with E-state index < -0.39 is 0 Å². The van der Waals surface area contributed by atoms with Crippen LogP contribution in [0.25, 0.3) is 0 Å². The van der Waals surface area contributed by atoms with Crippen LogP contribution in [0.4, 0.5) is 0 Å². The molecule has 0 heterocycles. The summed E-state index contributed by atoms with van der Waals surface area (Å²) in [5, 5.41) is 0. The van der Waals surface area contributed by atoms with Crippen molar-refractivity contribution >= 4 is 0 Å². The summed E-state index contributed by atoms with van der Waals surface area (Å²) in [6.07, 6.45) is 7.69. The van der Waals surface area contributed by atoms with Gasteiger partial charge in [0.05, 0.1) is 0 Å². The Labute approximate surface area is 118 Å². The van der Waals surface area contributed by atoms with Crippen LogP contribution in [0.5, 0.6) is 0 Å². The van der Waals surface area contributed by atoms with Crippen molar-refractivity contribution in [3.05, 3.63) is 34.4 Å². The molecule has 0 amide bonds. The molecule has 3 N–H and O–H groups in total. The minimum atomic E-state index is 0.293. The van der Waals surface area contributed by atoms with Crippen LogP contribution in [0.3, 0.4) is 0 Å². The van der Waals surface area contributed by atoms with Crippen molar-refractivity contribution in [3.8, 4) is 0 Å². The second kappa shape index (κ2) is 8.34. The van der Waals surface area contributed by atoms with Crippen molar-refractivity contribution in [1.29, 1.82) is 0 Å². The van der Waals surface area contributed by atoms with Crippen molar-refractivity contribution in [2.45, 2.75) is 72.3 Å². The molecule has 1 aromatic rings. The van der Waals surface area contributed by atoms with Crippen LogP contribution < -0.4 is 11.3 Å². The molecule has 0 bridgehead atoms. The molecule has 0 saturated heterocycles. The average molecular weight is 262 g/mol. The first kappa shape index (κ1) is 16.2. The zero-order chi connectivity index (χ0) is 14.3. The van der Waals surface area contributed by atoms with Gasteiger partial charge in [0, 0.05) is 6.04 Å². The molecule has 2 nitrogen and oxygen atoms in total. The van der Waals surface area contributed by atoms with Gasteiger partial charge >= 0.3 is 0 Å². The van der Waals surface area contributed by atoms with Crippen LogP contribution in [0.2, 0.25) is 0 Å². The first-order valence-corrected chi connectivity index (χ1v) is 7.64. The second-order valence-corrected chi connectivity index (χ2v) is 5.72. The normalized spacial score (nSPS) is 12.7. The molecule has 108 valence electrons. The van der Waals surface area contributed by atoms with Gasteiger partial charge in [-0.05, 0) is 49.4 Å². The summed E-state index contributed by atoms with van der Waals surface area (Å²) in [6.45, 7) is 8.78. The van der Waals surface area contributed by atoms with Gasteiger partial charge in [-0.25, -0.2) is 0 Å². The highest BCUT2D eigenvalue weighted by Gasteiger charge is 2.13. The summed E-state index contributed by atoms with van der Waals surface area (Å²) in [7, 11) is 0. The zero-order valence-corrected chi connectivity index (χ0v) is 13.1. The molecule has 0 saturated carbocycles. The molecular formula is C17H30N2. The third-order valence-corrected chi connectivity index (χ3v) is 4.06. The summed E-state index contributed by atoms with van der Waals surface area (Å²) >= 11 is 0. The van der Waals surface area contributed by atoms with Crippen molar-refractivity contribution in [2.75, 3.05) is 0 Å². The number of unbranched alkanes of at least 4 members (excludes halogenated alkanes) is 4. The van der Waals surface area contributed by atoms with Gasteiger partial charge in [0.25, 0.3) is 0 Å². The number of hydrogen-bond donors (Lipinski definition) is 2. The first-order chi connectivity index (χ1) is 9.10. The molecule has 19 heavy (non-hydrogen) atoms. The maximum Gasteiger partial charge on any atom is 0.0462 e. The SMILES string of the molecule is CCCCCCCC(NN)c1cc(C)c(C)cc1C. The van der Waals surface area contributed by atoms with Crippen molar-refractivity contribution in [2.24, 2.45) is 5.84 Å². The molecule has 2 heteroatoms. The molecule has 1 rings (SSSR count). The van der Waals surface area contributed by atoms with E-state index in [4.69, 9.17) is 5.84 Å². The first-order valence-electron chi connectivity index (χ1n) is 7.64. The van der Waals surface area contributed by atoms with E-state index in [1.54, 1.807) is 0 Å². The Bertz CT molecular complexity index is 385. The van der Waals surface area contributed by atoms with E-state index in [0.29, 0.717) is 6.04 Å². The fourth-order valence-corrected chi connectivity index (χ4v) is 2.64. The number of aryl methyl sites for hydroxylation is 3. The Morgan fingerprint density at radius 2 is 1.58 bits per heavy atom. The number of nitrogens with one attached hydrogen (secondary N) is 1. The molecule has 0 fully saturated rings. The predicted octanol–water partition coefficient (Wildman–Crippen LogP) is 4.48.